The molecule has 1 aromatic heterocycles. The van der Waals surface area contributed by atoms with Crippen molar-refractivity contribution in [1.82, 2.24) is 15.2 Å². The molecule has 0 spiro atoms. The van der Waals surface area contributed by atoms with Crippen molar-refractivity contribution in [2.45, 2.75) is 51.2 Å². The summed E-state index contributed by atoms with van der Waals surface area (Å²) in [6.45, 7) is 3.80. The highest BCUT2D eigenvalue weighted by Gasteiger charge is 2.50. The van der Waals surface area contributed by atoms with Crippen LogP contribution >= 0.6 is 11.3 Å². The van der Waals surface area contributed by atoms with Crippen LogP contribution in [0, 0.1) is 23.5 Å². The minimum Gasteiger partial charge on any atom is -0.342 e. The maximum atomic E-state index is 15.2. The predicted molar refractivity (Wildman–Crippen MR) is 139 cm³/mol. The molecule has 2 aliphatic rings. The molecular formula is C28H28F2N4O3S. The average molecular weight is 539 g/mol. The number of fused-ring (bicyclic) bond motifs is 1. The van der Waals surface area contributed by atoms with Crippen molar-refractivity contribution < 1.29 is 23.2 Å². The Morgan fingerprint density at radius 3 is 2.47 bits per heavy atom. The SMILES string of the molecule is CC(C)CC1C(=O)NC(C2Cc3ccccc3C2)C(=O)N1C(C(=O)Nc1nccs1)c1ccc(F)cc1F. The van der Waals surface area contributed by atoms with Gasteiger partial charge in [-0.3, -0.25) is 19.7 Å². The van der Waals surface area contributed by atoms with Gasteiger partial charge in [0.15, 0.2) is 5.13 Å². The predicted octanol–water partition coefficient (Wildman–Crippen LogP) is 4.26. The van der Waals surface area contributed by atoms with Gasteiger partial charge in [-0.1, -0.05) is 44.2 Å². The first kappa shape index (κ1) is 26.0. The molecule has 0 saturated carbocycles. The highest BCUT2D eigenvalue weighted by Crippen LogP contribution is 2.36. The monoisotopic (exact) mass is 538 g/mol. The molecule has 5 rings (SSSR count). The lowest BCUT2D eigenvalue weighted by Gasteiger charge is -2.44. The van der Waals surface area contributed by atoms with E-state index in [1.54, 1.807) is 5.38 Å². The van der Waals surface area contributed by atoms with E-state index in [1.807, 2.05) is 38.1 Å². The molecule has 10 heteroatoms. The Morgan fingerprint density at radius 2 is 1.87 bits per heavy atom. The van der Waals surface area contributed by atoms with Crippen LogP contribution < -0.4 is 10.6 Å². The number of anilines is 1. The minimum absolute atomic E-state index is 0.00549. The van der Waals surface area contributed by atoms with Crippen molar-refractivity contribution in [1.29, 1.82) is 0 Å². The lowest BCUT2D eigenvalue weighted by atomic mass is 9.88. The van der Waals surface area contributed by atoms with Gasteiger partial charge in [-0.15, -0.1) is 11.3 Å². The lowest BCUT2D eigenvalue weighted by molar-refractivity contribution is -0.157. The number of halogens is 2. The second-order valence-electron chi connectivity index (χ2n) is 10.2. The highest BCUT2D eigenvalue weighted by atomic mass is 32.1. The summed E-state index contributed by atoms with van der Waals surface area (Å²) in [5.74, 6) is -3.59. The molecule has 0 radical (unpaired) electrons. The summed E-state index contributed by atoms with van der Waals surface area (Å²) in [6, 6.07) is 7.33. The standard InChI is InChI=1S/C28H28F2N4O3S/c1-15(2)11-22-25(35)32-23(18-12-16-5-3-4-6-17(16)13-18)27(37)34(22)24(20-8-7-19(29)14-21(20)30)26(36)33-28-31-9-10-38-28/h3-10,14-15,18,22-24H,11-13H2,1-2H3,(H,32,35)(H,31,33,36). The summed E-state index contributed by atoms with van der Waals surface area (Å²) >= 11 is 1.16. The zero-order chi connectivity index (χ0) is 27.0. The highest BCUT2D eigenvalue weighted by molar-refractivity contribution is 7.13. The van der Waals surface area contributed by atoms with E-state index >= 15 is 4.39 Å². The molecule has 3 aromatic rings. The van der Waals surface area contributed by atoms with Gasteiger partial charge < -0.3 is 10.2 Å². The van der Waals surface area contributed by atoms with E-state index in [2.05, 4.69) is 15.6 Å². The number of aromatic nitrogens is 1. The summed E-state index contributed by atoms with van der Waals surface area (Å²) in [5.41, 5.74) is 2.03. The Morgan fingerprint density at radius 1 is 1.16 bits per heavy atom. The van der Waals surface area contributed by atoms with Crippen LogP contribution in [-0.4, -0.2) is 39.7 Å². The summed E-state index contributed by atoms with van der Waals surface area (Å²) in [4.78, 5) is 46.7. The van der Waals surface area contributed by atoms with Crippen LogP contribution in [0.4, 0.5) is 13.9 Å². The van der Waals surface area contributed by atoms with Crippen LogP contribution in [0.25, 0.3) is 0 Å². The topological polar surface area (TPSA) is 91.4 Å². The van der Waals surface area contributed by atoms with Gasteiger partial charge in [-0.2, -0.15) is 0 Å². The van der Waals surface area contributed by atoms with E-state index in [1.165, 1.54) is 11.1 Å². The molecular weight excluding hydrogens is 510 g/mol. The van der Waals surface area contributed by atoms with Crippen LogP contribution in [0.1, 0.15) is 43.0 Å². The van der Waals surface area contributed by atoms with Crippen LogP contribution in [0.2, 0.25) is 0 Å². The molecule has 0 bridgehead atoms. The number of hydrogen-bond acceptors (Lipinski definition) is 5. The fourth-order valence-corrected chi connectivity index (χ4v) is 6.01. The lowest BCUT2D eigenvalue weighted by Crippen LogP contribution is -2.67. The number of nitrogens with one attached hydrogen (secondary N) is 2. The number of nitrogens with zero attached hydrogens (tertiary/aromatic N) is 2. The van der Waals surface area contributed by atoms with Gasteiger partial charge in [0.05, 0.1) is 0 Å². The average Bonchev–Trinajstić information content (AvgIpc) is 3.53. The Hall–Kier alpha value is -3.66. The van der Waals surface area contributed by atoms with E-state index in [0.717, 1.165) is 34.6 Å². The van der Waals surface area contributed by atoms with Gasteiger partial charge in [0.1, 0.15) is 29.8 Å². The van der Waals surface area contributed by atoms with Crippen molar-refractivity contribution in [3.8, 4) is 0 Å². The Bertz CT molecular complexity index is 1340. The quantitative estimate of drug-likeness (QED) is 0.470. The first-order chi connectivity index (χ1) is 18.2. The summed E-state index contributed by atoms with van der Waals surface area (Å²) in [7, 11) is 0. The molecule has 38 heavy (non-hydrogen) atoms. The number of rotatable bonds is 7. The van der Waals surface area contributed by atoms with Gasteiger partial charge in [-0.05, 0) is 48.3 Å². The Balaban J connectivity index is 1.57. The minimum atomic E-state index is -1.51. The molecule has 2 heterocycles. The van der Waals surface area contributed by atoms with E-state index in [9.17, 15) is 18.8 Å². The van der Waals surface area contributed by atoms with Crippen molar-refractivity contribution in [3.63, 3.8) is 0 Å². The van der Waals surface area contributed by atoms with Crippen LogP contribution in [0.3, 0.4) is 0 Å². The van der Waals surface area contributed by atoms with Crippen LogP contribution in [0.15, 0.2) is 54.0 Å². The van der Waals surface area contributed by atoms with Crippen molar-refractivity contribution >= 4 is 34.2 Å². The molecule has 3 atom stereocenters. The Kier molecular flexibility index (Phi) is 7.25. The van der Waals surface area contributed by atoms with Gasteiger partial charge in [0, 0.05) is 23.2 Å². The molecule has 1 aliphatic carbocycles. The third kappa shape index (κ3) is 5.05. The Labute approximate surface area is 223 Å². The van der Waals surface area contributed by atoms with Crippen molar-refractivity contribution in [2.24, 2.45) is 11.8 Å². The zero-order valence-corrected chi connectivity index (χ0v) is 21.8. The van der Waals surface area contributed by atoms with E-state index in [0.29, 0.717) is 18.9 Å². The number of amides is 3. The van der Waals surface area contributed by atoms with E-state index < -0.39 is 47.5 Å². The number of piperazine rings is 1. The van der Waals surface area contributed by atoms with Crippen LogP contribution in [0.5, 0.6) is 0 Å². The molecule has 3 unspecified atom stereocenters. The summed E-state index contributed by atoms with van der Waals surface area (Å²) < 4.78 is 29.1. The molecule has 7 nitrogen and oxygen atoms in total. The summed E-state index contributed by atoms with van der Waals surface area (Å²) in [6.07, 6.45) is 2.95. The smallest absolute Gasteiger partial charge is 0.253 e. The largest absolute Gasteiger partial charge is 0.342 e. The maximum absolute atomic E-state index is 15.2. The number of hydrogen-bond donors (Lipinski definition) is 2. The fourth-order valence-electron chi connectivity index (χ4n) is 5.47. The fraction of sp³-hybridized carbons (Fsp3) is 0.357. The van der Waals surface area contributed by atoms with Crippen molar-refractivity contribution in [2.75, 3.05) is 5.32 Å². The maximum Gasteiger partial charge on any atom is 0.253 e. The second-order valence-corrected chi connectivity index (χ2v) is 11.1. The number of benzene rings is 2. The van der Waals surface area contributed by atoms with Gasteiger partial charge in [-0.25, -0.2) is 13.8 Å². The normalized spacial score (nSPS) is 20.4. The van der Waals surface area contributed by atoms with Crippen molar-refractivity contribution in [3.05, 3.63) is 82.4 Å². The molecule has 2 aromatic carbocycles. The van der Waals surface area contributed by atoms with Crippen LogP contribution in [-0.2, 0) is 27.2 Å². The van der Waals surface area contributed by atoms with E-state index in [-0.39, 0.29) is 29.0 Å². The number of thiazole rings is 1. The molecule has 1 fully saturated rings. The molecule has 1 aliphatic heterocycles. The molecule has 3 amide bonds. The molecule has 2 N–H and O–H groups in total. The molecule has 1 saturated heterocycles. The zero-order valence-electron chi connectivity index (χ0n) is 21.0. The third-order valence-electron chi connectivity index (χ3n) is 7.15. The number of carbonyl (C=O) groups is 3. The van der Waals surface area contributed by atoms with E-state index in [4.69, 9.17) is 0 Å². The van der Waals surface area contributed by atoms with Gasteiger partial charge >= 0.3 is 0 Å². The number of carbonyl (C=O) groups excluding carboxylic acids is 3. The third-order valence-corrected chi connectivity index (χ3v) is 7.84. The molecule has 198 valence electrons. The first-order valence-electron chi connectivity index (χ1n) is 12.6. The summed E-state index contributed by atoms with van der Waals surface area (Å²) in [5, 5.41) is 7.50. The van der Waals surface area contributed by atoms with Gasteiger partial charge in [0.2, 0.25) is 11.8 Å². The second kappa shape index (κ2) is 10.6. The van der Waals surface area contributed by atoms with Gasteiger partial charge in [0.25, 0.3) is 5.91 Å². The first-order valence-corrected chi connectivity index (χ1v) is 13.5.